The Morgan fingerprint density at radius 3 is 2.86 bits per heavy atom. The lowest BCUT2D eigenvalue weighted by atomic mass is 10.1. The largest absolute Gasteiger partial charge is 0.393 e. The van der Waals surface area contributed by atoms with Gasteiger partial charge in [0.1, 0.15) is 5.69 Å². The van der Waals surface area contributed by atoms with E-state index in [0.717, 1.165) is 0 Å². The summed E-state index contributed by atoms with van der Waals surface area (Å²) in [6, 6.07) is 0. The van der Waals surface area contributed by atoms with E-state index >= 15 is 0 Å². The van der Waals surface area contributed by atoms with E-state index in [1.165, 1.54) is 12.5 Å². The molecule has 14 heavy (non-hydrogen) atoms. The van der Waals surface area contributed by atoms with Crippen molar-refractivity contribution in [3.8, 4) is 0 Å². The first-order valence-corrected chi connectivity index (χ1v) is 4.73. The zero-order chi connectivity index (χ0) is 9.97. The van der Waals surface area contributed by atoms with Gasteiger partial charge in [-0.05, 0) is 12.8 Å². The fourth-order valence-corrected chi connectivity index (χ4v) is 1.61. The lowest BCUT2D eigenvalue weighted by molar-refractivity contribution is 0.0542. The van der Waals surface area contributed by atoms with Crippen molar-refractivity contribution in [1.29, 1.82) is 0 Å². The Balaban J connectivity index is 1.99. The predicted molar refractivity (Wildman–Crippen MR) is 49.7 cm³/mol. The second-order valence-corrected chi connectivity index (χ2v) is 3.49. The SMILES string of the molecule is O=C(c1cnc[nH]1)N1CCC(O)CC1. The number of carbonyl (C=O) groups excluding carboxylic acids is 1. The minimum absolute atomic E-state index is 0.0330. The Morgan fingerprint density at radius 2 is 2.29 bits per heavy atom. The van der Waals surface area contributed by atoms with Gasteiger partial charge in [-0.15, -0.1) is 0 Å². The number of aromatic nitrogens is 2. The van der Waals surface area contributed by atoms with Gasteiger partial charge in [-0.2, -0.15) is 0 Å². The van der Waals surface area contributed by atoms with E-state index in [1.54, 1.807) is 4.90 Å². The normalized spacial score (nSPS) is 18.5. The first kappa shape index (κ1) is 9.21. The molecule has 2 rings (SSSR count). The topological polar surface area (TPSA) is 69.2 Å². The highest BCUT2D eigenvalue weighted by atomic mass is 16.3. The van der Waals surface area contributed by atoms with E-state index in [2.05, 4.69) is 9.97 Å². The summed E-state index contributed by atoms with van der Waals surface area (Å²) >= 11 is 0. The molecule has 0 aromatic carbocycles. The summed E-state index contributed by atoms with van der Waals surface area (Å²) < 4.78 is 0. The number of rotatable bonds is 1. The number of aromatic amines is 1. The first-order valence-electron chi connectivity index (χ1n) is 4.73. The van der Waals surface area contributed by atoms with Gasteiger partial charge in [0.05, 0.1) is 18.6 Å². The van der Waals surface area contributed by atoms with Crippen molar-refractivity contribution in [3.05, 3.63) is 18.2 Å². The monoisotopic (exact) mass is 195 g/mol. The second-order valence-electron chi connectivity index (χ2n) is 3.49. The number of amides is 1. The fourth-order valence-electron chi connectivity index (χ4n) is 1.61. The third kappa shape index (κ3) is 1.77. The van der Waals surface area contributed by atoms with Gasteiger partial charge in [0, 0.05) is 13.1 Å². The molecule has 0 unspecified atom stereocenters. The van der Waals surface area contributed by atoms with Gasteiger partial charge in [-0.1, -0.05) is 0 Å². The number of H-pyrrole nitrogens is 1. The molecule has 0 radical (unpaired) electrons. The molecule has 1 aliphatic rings. The summed E-state index contributed by atoms with van der Waals surface area (Å²) in [5, 5.41) is 9.28. The molecule has 1 aromatic heterocycles. The molecule has 0 bridgehead atoms. The van der Waals surface area contributed by atoms with Crippen molar-refractivity contribution in [2.45, 2.75) is 18.9 Å². The smallest absolute Gasteiger partial charge is 0.271 e. The molecule has 0 atom stereocenters. The van der Waals surface area contributed by atoms with Crippen molar-refractivity contribution in [1.82, 2.24) is 14.9 Å². The number of hydrogen-bond donors (Lipinski definition) is 2. The van der Waals surface area contributed by atoms with Crippen LogP contribution in [0, 0.1) is 0 Å². The van der Waals surface area contributed by atoms with Crippen LogP contribution in [0.2, 0.25) is 0 Å². The highest BCUT2D eigenvalue weighted by molar-refractivity contribution is 5.92. The quantitative estimate of drug-likeness (QED) is 0.663. The van der Waals surface area contributed by atoms with Crippen LogP contribution in [0.5, 0.6) is 0 Å². The molecule has 0 spiro atoms. The van der Waals surface area contributed by atoms with Crippen LogP contribution in [0.4, 0.5) is 0 Å². The Kier molecular flexibility index (Phi) is 2.49. The van der Waals surface area contributed by atoms with E-state index in [1.807, 2.05) is 0 Å². The van der Waals surface area contributed by atoms with Gasteiger partial charge < -0.3 is 15.0 Å². The first-order chi connectivity index (χ1) is 6.77. The zero-order valence-corrected chi connectivity index (χ0v) is 7.81. The van der Waals surface area contributed by atoms with Crippen LogP contribution >= 0.6 is 0 Å². The molecule has 5 nitrogen and oxygen atoms in total. The molecule has 5 heteroatoms. The van der Waals surface area contributed by atoms with Crippen LogP contribution < -0.4 is 0 Å². The summed E-state index contributed by atoms with van der Waals surface area (Å²) in [7, 11) is 0. The maximum absolute atomic E-state index is 11.7. The van der Waals surface area contributed by atoms with E-state index in [0.29, 0.717) is 31.6 Å². The maximum atomic E-state index is 11.7. The van der Waals surface area contributed by atoms with Crippen LogP contribution in [0.15, 0.2) is 12.5 Å². The lowest BCUT2D eigenvalue weighted by Gasteiger charge is -2.29. The molecule has 1 aromatic rings. The zero-order valence-electron chi connectivity index (χ0n) is 7.81. The van der Waals surface area contributed by atoms with Crippen LogP contribution in [-0.4, -0.2) is 45.1 Å². The number of hydrogen-bond acceptors (Lipinski definition) is 3. The maximum Gasteiger partial charge on any atom is 0.271 e. The van der Waals surface area contributed by atoms with E-state index in [-0.39, 0.29) is 12.0 Å². The molecule has 1 amide bonds. The summed E-state index contributed by atoms with van der Waals surface area (Å²) in [5.41, 5.74) is 0.515. The van der Waals surface area contributed by atoms with Gasteiger partial charge in [0.15, 0.2) is 0 Å². The molecular weight excluding hydrogens is 182 g/mol. The average Bonchev–Trinajstić information content (AvgIpc) is 2.71. The van der Waals surface area contributed by atoms with E-state index in [9.17, 15) is 9.90 Å². The molecule has 1 saturated heterocycles. The molecule has 2 N–H and O–H groups in total. The molecule has 76 valence electrons. The highest BCUT2D eigenvalue weighted by Crippen LogP contribution is 2.12. The molecular formula is C9H13N3O2. The van der Waals surface area contributed by atoms with Crippen molar-refractivity contribution >= 4 is 5.91 Å². The number of piperidine rings is 1. The summed E-state index contributed by atoms with van der Waals surface area (Å²) in [4.78, 5) is 20.1. The van der Waals surface area contributed by atoms with Crippen LogP contribution in [-0.2, 0) is 0 Å². The summed E-state index contributed by atoms with van der Waals surface area (Å²) in [6.45, 7) is 1.25. The molecule has 1 aliphatic heterocycles. The van der Waals surface area contributed by atoms with Gasteiger partial charge in [0.2, 0.25) is 0 Å². The third-order valence-corrected chi connectivity index (χ3v) is 2.48. The molecule has 0 saturated carbocycles. The van der Waals surface area contributed by atoms with Crippen LogP contribution in [0.25, 0.3) is 0 Å². The van der Waals surface area contributed by atoms with Crippen molar-refractivity contribution in [2.24, 2.45) is 0 Å². The molecule has 2 heterocycles. The van der Waals surface area contributed by atoms with Gasteiger partial charge in [-0.25, -0.2) is 4.98 Å². The number of carbonyl (C=O) groups is 1. The Bertz CT molecular complexity index is 302. The van der Waals surface area contributed by atoms with Crippen LogP contribution in [0.3, 0.4) is 0 Å². The number of nitrogens with one attached hydrogen (secondary N) is 1. The summed E-state index contributed by atoms with van der Waals surface area (Å²) in [5.74, 6) is -0.0330. The Hall–Kier alpha value is -1.36. The lowest BCUT2D eigenvalue weighted by Crippen LogP contribution is -2.40. The highest BCUT2D eigenvalue weighted by Gasteiger charge is 2.22. The van der Waals surface area contributed by atoms with Crippen molar-refractivity contribution in [3.63, 3.8) is 0 Å². The fraction of sp³-hybridized carbons (Fsp3) is 0.556. The van der Waals surface area contributed by atoms with Crippen molar-refractivity contribution < 1.29 is 9.90 Å². The molecule has 0 aliphatic carbocycles. The predicted octanol–water partition coefficient (Wildman–Crippen LogP) is 0.00660. The second kappa shape index (κ2) is 3.79. The number of aliphatic hydroxyl groups is 1. The Labute approximate surface area is 81.8 Å². The minimum Gasteiger partial charge on any atom is -0.393 e. The number of likely N-dealkylation sites (tertiary alicyclic amines) is 1. The standard InChI is InChI=1S/C9H13N3O2/c13-7-1-3-12(4-2-7)9(14)8-5-10-6-11-8/h5-7,13H,1-4H2,(H,10,11). The number of imidazole rings is 1. The number of aliphatic hydroxyl groups excluding tert-OH is 1. The summed E-state index contributed by atoms with van der Waals surface area (Å²) in [6.07, 6.45) is 4.10. The van der Waals surface area contributed by atoms with E-state index < -0.39 is 0 Å². The van der Waals surface area contributed by atoms with E-state index in [4.69, 9.17) is 0 Å². The van der Waals surface area contributed by atoms with Gasteiger partial charge in [0.25, 0.3) is 5.91 Å². The van der Waals surface area contributed by atoms with Crippen molar-refractivity contribution in [2.75, 3.05) is 13.1 Å². The Morgan fingerprint density at radius 1 is 1.57 bits per heavy atom. The molecule has 1 fully saturated rings. The average molecular weight is 195 g/mol. The van der Waals surface area contributed by atoms with Gasteiger partial charge >= 0.3 is 0 Å². The van der Waals surface area contributed by atoms with Crippen LogP contribution in [0.1, 0.15) is 23.3 Å². The minimum atomic E-state index is -0.249. The number of nitrogens with zero attached hydrogens (tertiary/aromatic N) is 2. The third-order valence-electron chi connectivity index (χ3n) is 2.48. The van der Waals surface area contributed by atoms with Gasteiger partial charge in [-0.3, -0.25) is 4.79 Å².